The largest absolute Gasteiger partial charge is 0.456 e. The summed E-state index contributed by atoms with van der Waals surface area (Å²) >= 11 is 0. The van der Waals surface area contributed by atoms with E-state index < -0.39 is 36.6 Å². The molecule has 6 N–H and O–H groups in total. The van der Waals surface area contributed by atoms with Gasteiger partial charge < -0.3 is 30.2 Å². The Labute approximate surface area is 111 Å². The zero-order chi connectivity index (χ0) is 14.4. The maximum absolute atomic E-state index is 11.6. The first-order valence-corrected chi connectivity index (χ1v) is 5.92. The zero-order valence-corrected chi connectivity index (χ0v) is 10.2. The molecule has 9 heteroatoms. The first-order valence-electron chi connectivity index (χ1n) is 5.92. The van der Waals surface area contributed by atoms with Crippen LogP contribution in [0.3, 0.4) is 0 Å². The van der Waals surface area contributed by atoms with Crippen LogP contribution in [0.4, 0.5) is 5.95 Å². The molecule has 0 saturated carbocycles. The quantitative estimate of drug-likeness (QED) is 0.434. The third kappa shape index (κ3) is 1.79. The van der Waals surface area contributed by atoms with Gasteiger partial charge >= 0.3 is 0 Å². The van der Waals surface area contributed by atoms with Gasteiger partial charge in [0.15, 0.2) is 0 Å². The van der Waals surface area contributed by atoms with Crippen LogP contribution < -0.4 is 11.3 Å². The molecule has 1 aliphatic rings. The molecule has 0 aliphatic carbocycles. The van der Waals surface area contributed by atoms with E-state index in [-0.39, 0.29) is 17.0 Å². The lowest BCUT2D eigenvalue weighted by atomic mass is 10.0. The Kier molecular flexibility index (Phi) is 2.98. The van der Waals surface area contributed by atoms with Crippen molar-refractivity contribution < 1.29 is 24.5 Å². The van der Waals surface area contributed by atoms with Gasteiger partial charge in [0.25, 0.3) is 5.56 Å². The van der Waals surface area contributed by atoms with Crippen molar-refractivity contribution in [1.82, 2.24) is 9.97 Å². The van der Waals surface area contributed by atoms with Crippen LogP contribution in [0.1, 0.15) is 11.7 Å². The highest BCUT2D eigenvalue weighted by Gasteiger charge is 2.44. The monoisotopic (exact) mass is 283 g/mol. The molecule has 0 spiro atoms. The normalized spacial score (nSPS) is 30.1. The number of furan rings is 1. The number of nitrogens with zero attached hydrogens (tertiary/aromatic N) is 1. The van der Waals surface area contributed by atoms with Crippen LogP contribution in [0.15, 0.2) is 15.5 Å². The summed E-state index contributed by atoms with van der Waals surface area (Å²) in [6.45, 7) is -0.444. The van der Waals surface area contributed by atoms with E-state index >= 15 is 0 Å². The second-order valence-corrected chi connectivity index (χ2v) is 4.58. The predicted octanol–water partition coefficient (Wildman–Crippen LogP) is -1.75. The van der Waals surface area contributed by atoms with Gasteiger partial charge in [-0.1, -0.05) is 0 Å². The highest BCUT2D eigenvalue weighted by Crippen LogP contribution is 2.36. The minimum absolute atomic E-state index is 0.0491. The molecule has 2 aromatic heterocycles. The summed E-state index contributed by atoms with van der Waals surface area (Å²) in [5.41, 5.74) is 5.31. The molecule has 0 radical (unpaired) electrons. The van der Waals surface area contributed by atoms with E-state index in [0.29, 0.717) is 5.56 Å². The topological polar surface area (TPSA) is 155 Å². The number of aliphatic hydroxyl groups is 3. The first kappa shape index (κ1) is 13.1. The third-order valence-corrected chi connectivity index (χ3v) is 3.32. The number of hydrogen-bond acceptors (Lipinski definition) is 8. The Morgan fingerprint density at radius 3 is 2.80 bits per heavy atom. The van der Waals surface area contributed by atoms with Crippen molar-refractivity contribution >= 4 is 17.0 Å². The molecule has 0 aromatic carbocycles. The number of hydrogen-bond donors (Lipinski definition) is 5. The van der Waals surface area contributed by atoms with Crippen LogP contribution in [-0.4, -0.2) is 50.2 Å². The summed E-state index contributed by atoms with van der Waals surface area (Å²) in [5, 5.41) is 28.7. The van der Waals surface area contributed by atoms with Crippen molar-refractivity contribution in [2.45, 2.75) is 24.4 Å². The summed E-state index contributed by atoms with van der Waals surface area (Å²) in [5.74, 6) is -0.100. The second kappa shape index (κ2) is 4.56. The molecule has 3 rings (SSSR count). The Morgan fingerprint density at radius 2 is 2.15 bits per heavy atom. The average Bonchev–Trinajstić information content (AvgIpc) is 2.93. The summed E-state index contributed by atoms with van der Waals surface area (Å²) < 4.78 is 10.5. The van der Waals surface area contributed by atoms with Gasteiger partial charge in [0, 0.05) is 5.56 Å². The van der Waals surface area contributed by atoms with Crippen molar-refractivity contribution in [1.29, 1.82) is 0 Å². The third-order valence-electron chi connectivity index (χ3n) is 3.32. The summed E-state index contributed by atoms with van der Waals surface area (Å²) in [6.07, 6.45) is -3.17. The van der Waals surface area contributed by atoms with E-state index in [2.05, 4.69) is 9.97 Å². The van der Waals surface area contributed by atoms with Gasteiger partial charge in [0.2, 0.25) is 11.5 Å². The molecule has 0 amide bonds. The standard InChI is InChI=1S/C11H13N3O6/c12-11-13-5-3(2-19-9(5)10(18)14-11)8-7(17)6(16)4(1-15)20-8/h2,4,6-8,15-17H,1H2,(H3,12,13,14,18)/t4-,6-,7-,8?/m1/s1. The number of nitrogen functional groups attached to an aromatic ring is 1. The van der Waals surface area contributed by atoms with Crippen LogP contribution in [0.2, 0.25) is 0 Å². The number of nitrogens with two attached hydrogens (primary N) is 1. The van der Waals surface area contributed by atoms with Crippen molar-refractivity contribution in [3.8, 4) is 0 Å². The number of rotatable bonds is 2. The summed E-state index contributed by atoms with van der Waals surface area (Å²) in [7, 11) is 0. The fourth-order valence-electron chi connectivity index (χ4n) is 2.32. The highest BCUT2D eigenvalue weighted by molar-refractivity contribution is 5.77. The first-order chi connectivity index (χ1) is 9.52. The fourth-order valence-corrected chi connectivity index (χ4v) is 2.32. The molecular weight excluding hydrogens is 270 g/mol. The Balaban J connectivity index is 2.09. The van der Waals surface area contributed by atoms with Crippen LogP contribution in [0.25, 0.3) is 11.1 Å². The van der Waals surface area contributed by atoms with Crippen molar-refractivity contribution in [3.05, 3.63) is 22.2 Å². The summed E-state index contributed by atoms with van der Waals surface area (Å²) in [4.78, 5) is 17.9. The molecule has 2 aromatic rings. The number of aromatic nitrogens is 2. The minimum atomic E-state index is -1.27. The van der Waals surface area contributed by atoms with Gasteiger partial charge in [-0.3, -0.25) is 9.78 Å². The van der Waals surface area contributed by atoms with E-state index in [0.717, 1.165) is 0 Å². The molecule has 1 fully saturated rings. The average molecular weight is 283 g/mol. The van der Waals surface area contributed by atoms with Crippen LogP contribution in [0, 0.1) is 0 Å². The minimum Gasteiger partial charge on any atom is -0.456 e. The van der Waals surface area contributed by atoms with E-state index in [1.165, 1.54) is 6.26 Å². The zero-order valence-electron chi connectivity index (χ0n) is 10.2. The highest BCUT2D eigenvalue weighted by atomic mass is 16.6. The number of anilines is 1. The van der Waals surface area contributed by atoms with E-state index in [9.17, 15) is 15.0 Å². The van der Waals surface area contributed by atoms with Crippen molar-refractivity contribution in [2.24, 2.45) is 0 Å². The lowest BCUT2D eigenvalue weighted by Crippen LogP contribution is -2.32. The fraction of sp³-hybridized carbons (Fsp3) is 0.455. The smallest absolute Gasteiger partial charge is 0.295 e. The van der Waals surface area contributed by atoms with E-state index in [4.69, 9.17) is 20.0 Å². The maximum atomic E-state index is 11.6. The molecule has 108 valence electrons. The van der Waals surface area contributed by atoms with E-state index in [1.54, 1.807) is 0 Å². The summed E-state index contributed by atoms with van der Waals surface area (Å²) in [6, 6.07) is 0. The van der Waals surface area contributed by atoms with Gasteiger partial charge in [-0.25, -0.2) is 4.98 Å². The van der Waals surface area contributed by atoms with Gasteiger partial charge in [0.1, 0.15) is 29.9 Å². The Bertz CT molecular complexity index is 695. The molecule has 1 saturated heterocycles. The van der Waals surface area contributed by atoms with Crippen LogP contribution in [-0.2, 0) is 4.74 Å². The molecular formula is C11H13N3O6. The molecule has 0 bridgehead atoms. The predicted molar refractivity (Wildman–Crippen MR) is 65.8 cm³/mol. The SMILES string of the molecule is Nc1nc2c(C3O[C@H](CO)[C@@H](O)[C@H]3O)coc2c(=O)[nH]1. The lowest BCUT2D eigenvalue weighted by molar-refractivity contribution is -0.0226. The number of ether oxygens (including phenoxy) is 1. The van der Waals surface area contributed by atoms with Crippen molar-refractivity contribution in [2.75, 3.05) is 12.3 Å². The van der Waals surface area contributed by atoms with Gasteiger partial charge in [-0.05, 0) is 0 Å². The Hall–Kier alpha value is -1.94. The maximum Gasteiger partial charge on any atom is 0.295 e. The lowest BCUT2D eigenvalue weighted by Gasteiger charge is -2.12. The number of nitrogens with one attached hydrogen (secondary N) is 1. The number of fused-ring (bicyclic) bond motifs is 1. The molecule has 4 atom stereocenters. The van der Waals surface area contributed by atoms with Crippen molar-refractivity contribution in [3.63, 3.8) is 0 Å². The second-order valence-electron chi connectivity index (χ2n) is 4.58. The van der Waals surface area contributed by atoms with Crippen LogP contribution in [0.5, 0.6) is 0 Å². The number of aliphatic hydroxyl groups excluding tert-OH is 3. The van der Waals surface area contributed by atoms with Gasteiger partial charge in [-0.2, -0.15) is 0 Å². The number of aromatic amines is 1. The van der Waals surface area contributed by atoms with E-state index in [1.807, 2.05) is 0 Å². The Morgan fingerprint density at radius 1 is 1.40 bits per heavy atom. The molecule has 20 heavy (non-hydrogen) atoms. The van der Waals surface area contributed by atoms with Gasteiger partial charge in [-0.15, -0.1) is 0 Å². The van der Waals surface area contributed by atoms with Gasteiger partial charge in [0.05, 0.1) is 12.9 Å². The molecule has 3 heterocycles. The number of H-pyrrole nitrogens is 1. The molecule has 1 unspecified atom stereocenters. The molecule has 1 aliphatic heterocycles. The van der Waals surface area contributed by atoms with Crippen LogP contribution >= 0.6 is 0 Å². The molecule has 9 nitrogen and oxygen atoms in total.